The average Bonchev–Trinajstić information content (AvgIpc) is 2.66. The molecule has 3 heteroatoms. The topological polar surface area (TPSA) is 26.0 Å². The number of fused-ring (bicyclic) bond motifs is 3. The molecule has 0 N–H and O–H groups in total. The number of benzene rings is 3. The molecule has 0 saturated heterocycles. The third kappa shape index (κ3) is 2.71. The Labute approximate surface area is 172 Å². The van der Waals surface area contributed by atoms with Gasteiger partial charge in [0.1, 0.15) is 16.9 Å². The summed E-state index contributed by atoms with van der Waals surface area (Å²) in [5, 5.41) is 3.65. The standard InChI is InChI=1S/C26H27N2O/c1-15-18-9-7-8-10-19(18)16(2)25-22(15)24-23-20(27-14-28(24)6)11-17(12-21(23)29-25)13-26(3,4)5/h7-12,14H,13H2,1-6H3/q+1. The Morgan fingerprint density at radius 3 is 2.38 bits per heavy atom. The molecule has 0 atom stereocenters. The van der Waals surface area contributed by atoms with E-state index in [2.05, 4.69) is 82.6 Å². The summed E-state index contributed by atoms with van der Waals surface area (Å²) in [6.45, 7) is 11.2. The minimum absolute atomic E-state index is 0.206. The summed E-state index contributed by atoms with van der Waals surface area (Å²) < 4.78 is 8.76. The Hall–Kier alpha value is -2.94. The normalized spacial score (nSPS) is 12.9. The first-order valence-electron chi connectivity index (χ1n) is 10.3. The van der Waals surface area contributed by atoms with E-state index < -0.39 is 0 Å². The van der Waals surface area contributed by atoms with Crippen molar-refractivity contribution in [1.82, 2.24) is 4.98 Å². The fraction of sp³-hybridized carbons (Fsp3) is 0.308. The van der Waals surface area contributed by atoms with E-state index >= 15 is 0 Å². The van der Waals surface area contributed by atoms with Crippen molar-refractivity contribution < 1.29 is 9.30 Å². The Morgan fingerprint density at radius 2 is 1.69 bits per heavy atom. The molecular weight excluding hydrogens is 356 g/mol. The van der Waals surface area contributed by atoms with Crippen molar-refractivity contribution in [2.75, 3.05) is 0 Å². The second-order valence-electron chi connectivity index (χ2n) is 9.53. The van der Waals surface area contributed by atoms with Crippen LogP contribution in [0.3, 0.4) is 0 Å². The molecule has 0 radical (unpaired) electrons. The van der Waals surface area contributed by atoms with Crippen LogP contribution in [0, 0.1) is 19.3 Å². The van der Waals surface area contributed by atoms with Gasteiger partial charge in [-0.3, -0.25) is 0 Å². The summed E-state index contributed by atoms with van der Waals surface area (Å²) in [6, 6.07) is 13.0. The highest BCUT2D eigenvalue weighted by atomic mass is 16.5. The van der Waals surface area contributed by atoms with Crippen LogP contribution in [0.15, 0.2) is 42.7 Å². The minimum Gasteiger partial charge on any atom is -0.455 e. The first-order valence-corrected chi connectivity index (χ1v) is 10.3. The van der Waals surface area contributed by atoms with Gasteiger partial charge in [-0.2, -0.15) is 0 Å². The number of hydrogen-bond acceptors (Lipinski definition) is 2. The molecule has 2 heterocycles. The number of rotatable bonds is 1. The second-order valence-corrected chi connectivity index (χ2v) is 9.53. The summed E-state index contributed by atoms with van der Waals surface area (Å²) >= 11 is 0. The monoisotopic (exact) mass is 383 g/mol. The van der Waals surface area contributed by atoms with E-state index in [1.807, 2.05) is 6.33 Å². The zero-order valence-electron chi connectivity index (χ0n) is 18.1. The van der Waals surface area contributed by atoms with Crippen LogP contribution in [0.25, 0.3) is 32.9 Å². The van der Waals surface area contributed by atoms with Gasteiger partial charge >= 0.3 is 0 Å². The lowest BCUT2D eigenvalue weighted by Gasteiger charge is -2.25. The third-order valence-electron chi connectivity index (χ3n) is 5.96. The van der Waals surface area contributed by atoms with Crippen molar-refractivity contribution in [2.24, 2.45) is 12.5 Å². The zero-order valence-corrected chi connectivity index (χ0v) is 18.1. The Kier molecular flexibility index (Phi) is 3.76. The average molecular weight is 384 g/mol. The highest BCUT2D eigenvalue weighted by molar-refractivity contribution is 6.05. The van der Waals surface area contributed by atoms with Crippen molar-refractivity contribution in [3.8, 4) is 22.8 Å². The van der Waals surface area contributed by atoms with Crippen LogP contribution in [0.2, 0.25) is 0 Å². The molecule has 4 aromatic rings. The number of aromatic nitrogens is 2. The van der Waals surface area contributed by atoms with Gasteiger partial charge in [0.2, 0.25) is 0 Å². The van der Waals surface area contributed by atoms with Crippen LogP contribution in [0.5, 0.6) is 11.5 Å². The molecule has 3 aromatic carbocycles. The first kappa shape index (κ1) is 18.1. The lowest BCUT2D eigenvalue weighted by atomic mass is 9.86. The number of ether oxygens (including phenoxy) is 1. The van der Waals surface area contributed by atoms with E-state index in [1.54, 1.807) is 0 Å². The van der Waals surface area contributed by atoms with Gasteiger partial charge < -0.3 is 4.74 Å². The maximum Gasteiger partial charge on any atom is 0.287 e. The van der Waals surface area contributed by atoms with Crippen molar-refractivity contribution in [1.29, 1.82) is 0 Å². The summed E-state index contributed by atoms with van der Waals surface area (Å²) in [6.07, 6.45) is 2.92. The molecule has 29 heavy (non-hydrogen) atoms. The lowest BCUT2D eigenvalue weighted by molar-refractivity contribution is -0.662. The molecule has 1 aliphatic rings. The summed E-state index contributed by atoms with van der Waals surface area (Å²) in [5.74, 6) is 1.90. The number of aryl methyl sites for hydroxylation is 3. The van der Waals surface area contributed by atoms with Crippen LogP contribution >= 0.6 is 0 Å². The predicted octanol–water partition coefficient (Wildman–Crippen LogP) is 6.19. The van der Waals surface area contributed by atoms with Gasteiger partial charge in [0, 0.05) is 5.56 Å². The molecule has 1 aliphatic heterocycles. The van der Waals surface area contributed by atoms with E-state index in [9.17, 15) is 0 Å². The second kappa shape index (κ2) is 6.03. The van der Waals surface area contributed by atoms with Crippen molar-refractivity contribution in [3.63, 3.8) is 0 Å². The van der Waals surface area contributed by atoms with Crippen LogP contribution < -0.4 is 9.30 Å². The van der Waals surface area contributed by atoms with Crippen molar-refractivity contribution in [3.05, 3.63) is 59.4 Å². The predicted molar refractivity (Wildman–Crippen MR) is 119 cm³/mol. The van der Waals surface area contributed by atoms with Gasteiger partial charge in [0.05, 0.1) is 12.6 Å². The molecule has 0 aliphatic carbocycles. The van der Waals surface area contributed by atoms with Crippen LogP contribution in [0.1, 0.15) is 37.5 Å². The highest BCUT2D eigenvalue weighted by Gasteiger charge is 2.31. The molecule has 0 fully saturated rings. The van der Waals surface area contributed by atoms with E-state index in [0.29, 0.717) is 0 Å². The summed E-state index contributed by atoms with van der Waals surface area (Å²) in [5.41, 5.74) is 7.31. The number of hydrogen-bond donors (Lipinski definition) is 0. The van der Waals surface area contributed by atoms with Gasteiger partial charge in [0.25, 0.3) is 6.33 Å². The fourth-order valence-electron chi connectivity index (χ4n) is 4.75. The molecular formula is C26H27N2O+. The Balaban J connectivity index is 1.89. The maximum absolute atomic E-state index is 6.63. The van der Waals surface area contributed by atoms with E-state index in [4.69, 9.17) is 9.72 Å². The molecule has 1 aromatic heterocycles. The van der Waals surface area contributed by atoms with Gasteiger partial charge in [-0.1, -0.05) is 45.0 Å². The van der Waals surface area contributed by atoms with Crippen molar-refractivity contribution in [2.45, 2.75) is 41.0 Å². The minimum atomic E-state index is 0.206. The highest BCUT2D eigenvalue weighted by Crippen LogP contribution is 2.50. The molecule has 146 valence electrons. The molecule has 0 amide bonds. The van der Waals surface area contributed by atoms with Crippen molar-refractivity contribution >= 4 is 21.7 Å². The van der Waals surface area contributed by atoms with E-state index in [0.717, 1.165) is 28.8 Å². The van der Waals surface area contributed by atoms with Gasteiger partial charge in [-0.05, 0) is 64.7 Å². The quantitative estimate of drug-likeness (QED) is 0.323. The SMILES string of the molecule is Cc1c2c(c(C)c3ccccc13)-c1c3c(cc(CC(C)(C)C)cc3nc[n+]1C)O2. The molecule has 0 unspecified atom stereocenters. The molecule has 5 rings (SSSR count). The number of nitrogens with zero attached hydrogens (tertiary/aromatic N) is 2. The Morgan fingerprint density at radius 1 is 1.00 bits per heavy atom. The zero-order chi connectivity index (χ0) is 20.5. The molecule has 3 nitrogen and oxygen atoms in total. The fourth-order valence-corrected chi connectivity index (χ4v) is 4.75. The summed E-state index contributed by atoms with van der Waals surface area (Å²) in [7, 11) is 2.08. The van der Waals surface area contributed by atoms with Gasteiger partial charge in [-0.25, -0.2) is 4.57 Å². The van der Waals surface area contributed by atoms with Crippen LogP contribution in [0.4, 0.5) is 0 Å². The molecule has 0 spiro atoms. The molecule has 0 bridgehead atoms. The van der Waals surface area contributed by atoms with Gasteiger partial charge in [0.15, 0.2) is 11.2 Å². The van der Waals surface area contributed by atoms with Crippen LogP contribution in [-0.2, 0) is 13.5 Å². The summed E-state index contributed by atoms with van der Waals surface area (Å²) in [4.78, 5) is 4.75. The largest absolute Gasteiger partial charge is 0.455 e. The first-order chi connectivity index (χ1) is 13.7. The lowest BCUT2D eigenvalue weighted by Crippen LogP contribution is -2.33. The van der Waals surface area contributed by atoms with Gasteiger partial charge in [-0.15, -0.1) is 0 Å². The maximum atomic E-state index is 6.63. The smallest absolute Gasteiger partial charge is 0.287 e. The molecule has 0 saturated carbocycles. The third-order valence-corrected chi connectivity index (χ3v) is 5.96. The van der Waals surface area contributed by atoms with E-state index in [1.165, 1.54) is 38.7 Å². The van der Waals surface area contributed by atoms with Crippen LogP contribution in [-0.4, -0.2) is 4.98 Å². The Bertz CT molecular complexity index is 1310. The van der Waals surface area contributed by atoms with E-state index in [-0.39, 0.29) is 5.41 Å².